The maximum absolute atomic E-state index is 13.2. The summed E-state index contributed by atoms with van der Waals surface area (Å²) < 4.78 is 27.7. The third-order valence-electron chi connectivity index (χ3n) is 4.94. The van der Waals surface area contributed by atoms with E-state index in [1.54, 1.807) is 37.4 Å². The maximum atomic E-state index is 13.2. The average molecular weight is 393 g/mol. The fourth-order valence-corrected chi connectivity index (χ4v) is 5.26. The Hall–Kier alpha value is -2.09. The van der Waals surface area contributed by atoms with Crippen LogP contribution >= 0.6 is 11.6 Å². The van der Waals surface area contributed by atoms with E-state index < -0.39 is 16.1 Å². The molecule has 0 saturated carbocycles. The Labute approximate surface area is 156 Å². The molecule has 1 N–H and O–H groups in total. The van der Waals surface area contributed by atoms with E-state index >= 15 is 0 Å². The van der Waals surface area contributed by atoms with Crippen molar-refractivity contribution in [1.82, 2.24) is 0 Å². The number of likely N-dealkylation sites (N-methyl/N-ethyl adjacent to an activating group) is 1. The number of benzene rings is 2. The number of aliphatic hydroxyl groups is 1. The van der Waals surface area contributed by atoms with Crippen molar-refractivity contribution in [2.45, 2.75) is 23.8 Å². The van der Waals surface area contributed by atoms with Crippen LogP contribution in [0.25, 0.3) is 0 Å². The molecular formula is C18H17ClN2O4S. The van der Waals surface area contributed by atoms with Gasteiger partial charge in [-0.3, -0.25) is 9.10 Å². The molecule has 0 aromatic heterocycles. The van der Waals surface area contributed by atoms with E-state index in [1.807, 2.05) is 0 Å². The fourth-order valence-electron chi connectivity index (χ4n) is 3.52. The Morgan fingerprint density at radius 2 is 1.88 bits per heavy atom. The number of fused-ring (bicyclic) bond motifs is 2. The first-order valence-corrected chi connectivity index (χ1v) is 10.0. The van der Waals surface area contributed by atoms with Crippen molar-refractivity contribution >= 4 is 38.9 Å². The first kappa shape index (κ1) is 17.3. The van der Waals surface area contributed by atoms with Gasteiger partial charge in [-0.25, -0.2) is 8.42 Å². The number of aliphatic hydroxyl groups excluding tert-OH is 1. The van der Waals surface area contributed by atoms with Gasteiger partial charge in [-0.05, 0) is 48.4 Å². The SMILES string of the molecule is CN1C(=O)Cc2cc(S(=O)(=O)N3CCC(O)c4cc(Cl)ccc43)ccc21. The Morgan fingerprint density at radius 1 is 1.15 bits per heavy atom. The Bertz CT molecular complexity index is 1020. The van der Waals surface area contributed by atoms with Gasteiger partial charge >= 0.3 is 0 Å². The molecule has 136 valence electrons. The highest BCUT2D eigenvalue weighted by atomic mass is 35.5. The summed E-state index contributed by atoms with van der Waals surface area (Å²) in [6.45, 7) is 0.175. The maximum Gasteiger partial charge on any atom is 0.264 e. The Balaban J connectivity index is 1.78. The molecule has 2 aliphatic heterocycles. The second kappa shape index (κ2) is 5.97. The van der Waals surface area contributed by atoms with Crippen LogP contribution in [0, 0.1) is 0 Å². The van der Waals surface area contributed by atoms with Gasteiger partial charge in [0, 0.05) is 29.9 Å². The van der Waals surface area contributed by atoms with Crippen LogP contribution in [0.2, 0.25) is 5.02 Å². The minimum absolute atomic E-state index is 0.0596. The second-order valence-electron chi connectivity index (χ2n) is 6.50. The van der Waals surface area contributed by atoms with Crippen molar-refractivity contribution in [3.05, 3.63) is 52.5 Å². The van der Waals surface area contributed by atoms with E-state index in [9.17, 15) is 18.3 Å². The van der Waals surface area contributed by atoms with Crippen molar-refractivity contribution in [1.29, 1.82) is 0 Å². The zero-order valence-corrected chi connectivity index (χ0v) is 15.6. The quantitative estimate of drug-likeness (QED) is 0.851. The van der Waals surface area contributed by atoms with E-state index in [1.165, 1.54) is 15.3 Å². The molecular weight excluding hydrogens is 376 g/mol. The van der Waals surface area contributed by atoms with Gasteiger partial charge in [-0.15, -0.1) is 0 Å². The van der Waals surface area contributed by atoms with Crippen molar-refractivity contribution in [2.24, 2.45) is 0 Å². The van der Waals surface area contributed by atoms with Gasteiger partial charge in [0.25, 0.3) is 10.0 Å². The smallest absolute Gasteiger partial charge is 0.264 e. The van der Waals surface area contributed by atoms with E-state index in [0.29, 0.717) is 28.3 Å². The first-order chi connectivity index (χ1) is 12.3. The lowest BCUT2D eigenvalue weighted by Crippen LogP contribution is -2.36. The predicted molar refractivity (Wildman–Crippen MR) is 99.1 cm³/mol. The standard InChI is InChI=1S/C18H17ClN2O4S/c1-20-15-5-3-13(8-11(15)9-18(20)23)26(24,25)21-7-6-17(22)14-10-12(19)2-4-16(14)21/h2-5,8,10,17,22H,6-7,9H2,1H3. The lowest BCUT2D eigenvalue weighted by atomic mass is 10.0. The first-order valence-electron chi connectivity index (χ1n) is 8.19. The number of amides is 1. The number of carbonyl (C=O) groups is 1. The van der Waals surface area contributed by atoms with E-state index in [4.69, 9.17) is 11.6 Å². The number of hydrogen-bond acceptors (Lipinski definition) is 4. The minimum atomic E-state index is -3.82. The van der Waals surface area contributed by atoms with Crippen LogP contribution in [-0.4, -0.2) is 33.0 Å². The molecule has 2 aromatic carbocycles. The number of carbonyl (C=O) groups excluding carboxylic acids is 1. The van der Waals surface area contributed by atoms with Crippen LogP contribution in [0.1, 0.15) is 23.7 Å². The predicted octanol–water partition coefficient (Wildman–Crippen LogP) is 2.49. The third kappa shape index (κ3) is 2.58. The molecule has 26 heavy (non-hydrogen) atoms. The van der Waals surface area contributed by atoms with Crippen molar-refractivity contribution in [3.8, 4) is 0 Å². The van der Waals surface area contributed by atoms with Crippen molar-refractivity contribution < 1.29 is 18.3 Å². The summed E-state index contributed by atoms with van der Waals surface area (Å²) in [5.74, 6) is -0.0596. The average Bonchev–Trinajstić information content (AvgIpc) is 2.89. The van der Waals surface area contributed by atoms with Gasteiger partial charge in [-0.2, -0.15) is 0 Å². The molecule has 2 aliphatic rings. The molecule has 0 spiro atoms. The molecule has 1 unspecified atom stereocenters. The van der Waals surface area contributed by atoms with Crippen LogP contribution in [0.5, 0.6) is 0 Å². The molecule has 2 heterocycles. The minimum Gasteiger partial charge on any atom is -0.388 e. The summed E-state index contributed by atoms with van der Waals surface area (Å²) in [5, 5.41) is 10.6. The number of sulfonamides is 1. The normalized spacial score (nSPS) is 19.5. The van der Waals surface area contributed by atoms with Crippen LogP contribution in [0.3, 0.4) is 0 Å². The second-order valence-corrected chi connectivity index (χ2v) is 8.80. The highest BCUT2D eigenvalue weighted by molar-refractivity contribution is 7.92. The highest BCUT2D eigenvalue weighted by Gasteiger charge is 2.34. The van der Waals surface area contributed by atoms with Crippen molar-refractivity contribution in [2.75, 3.05) is 22.8 Å². The van der Waals surface area contributed by atoms with E-state index in [0.717, 1.165) is 5.69 Å². The van der Waals surface area contributed by atoms with Gasteiger partial charge in [0.05, 0.1) is 23.1 Å². The Kier molecular flexibility index (Phi) is 3.98. The topological polar surface area (TPSA) is 77.9 Å². The van der Waals surface area contributed by atoms with Crippen LogP contribution in [-0.2, 0) is 21.2 Å². The number of hydrogen-bond donors (Lipinski definition) is 1. The zero-order chi connectivity index (χ0) is 18.6. The van der Waals surface area contributed by atoms with Crippen LogP contribution in [0.15, 0.2) is 41.3 Å². The molecule has 0 saturated heterocycles. The number of rotatable bonds is 2. The van der Waals surface area contributed by atoms with Crippen LogP contribution < -0.4 is 9.21 Å². The fraction of sp³-hybridized carbons (Fsp3) is 0.278. The molecule has 0 radical (unpaired) electrons. The van der Waals surface area contributed by atoms with Gasteiger partial charge in [0.15, 0.2) is 0 Å². The molecule has 4 rings (SSSR count). The van der Waals surface area contributed by atoms with Crippen molar-refractivity contribution in [3.63, 3.8) is 0 Å². The lowest BCUT2D eigenvalue weighted by Gasteiger charge is -2.33. The molecule has 6 nitrogen and oxygen atoms in total. The lowest BCUT2D eigenvalue weighted by molar-refractivity contribution is -0.117. The molecule has 1 atom stereocenters. The number of halogens is 1. The zero-order valence-electron chi connectivity index (χ0n) is 14.0. The van der Waals surface area contributed by atoms with Crippen LogP contribution in [0.4, 0.5) is 11.4 Å². The summed E-state index contributed by atoms with van der Waals surface area (Å²) in [7, 11) is -2.14. The molecule has 0 bridgehead atoms. The summed E-state index contributed by atoms with van der Waals surface area (Å²) in [5.41, 5.74) is 2.37. The van der Waals surface area contributed by atoms with Gasteiger partial charge in [0.2, 0.25) is 5.91 Å². The number of nitrogens with zero attached hydrogens (tertiary/aromatic N) is 2. The van der Waals surface area contributed by atoms with E-state index in [2.05, 4.69) is 0 Å². The summed E-state index contributed by atoms with van der Waals surface area (Å²) >= 11 is 6.00. The van der Waals surface area contributed by atoms with Gasteiger partial charge < -0.3 is 10.0 Å². The Morgan fingerprint density at radius 3 is 2.65 bits per heavy atom. The molecule has 0 aliphatic carbocycles. The van der Waals surface area contributed by atoms with Gasteiger partial charge in [-0.1, -0.05) is 11.6 Å². The summed E-state index contributed by atoms with van der Waals surface area (Å²) in [6, 6.07) is 9.56. The molecule has 2 aromatic rings. The van der Waals surface area contributed by atoms with E-state index in [-0.39, 0.29) is 23.8 Å². The molecule has 1 amide bonds. The third-order valence-corrected chi connectivity index (χ3v) is 6.98. The van der Waals surface area contributed by atoms with Gasteiger partial charge in [0.1, 0.15) is 0 Å². The summed E-state index contributed by atoms with van der Waals surface area (Å²) in [6.07, 6.45) is -0.264. The highest BCUT2D eigenvalue weighted by Crippen LogP contribution is 2.39. The molecule has 8 heteroatoms. The number of anilines is 2. The summed E-state index contributed by atoms with van der Waals surface area (Å²) in [4.78, 5) is 13.5. The largest absolute Gasteiger partial charge is 0.388 e. The monoisotopic (exact) mass is 392 g/mol. The molecule has 0 fully saturated rings.